The lowest BCUT2D eigenvalue weighted by molar-refractivity contribution is 0.0731. The third-order valence-electron chi connectivity index (χ3n) is 5.77. The minimum absolute atomic E-state index is 0.00214. The largest absolute Gasteiger partial charge is 0.437 e. The van der Waals surface area contributed by atoms with E-state index in [0.717, 1.165) is 0 Å². The fourth-order valence-electron chi connectivity index (χ4n) is 3.99. The van der Waals surface area contributed by atoms with Crippen molar-refractivity contribution in [1.82, 2.24) is 10.2 Å². The zero-order chi connectivity index (χ0) is 23.5. The van der Waals surface area contributed by atoms with E-state index >= 15 is 0 Å². The third-order valence-corrected chi connectivity index (χ3v) is 8.19. The van der Waals surface area contributed by atoms with Gasteiger partial charge in [0, 0.05) is 37.6 Å². The highest BCUT2D eigenvalue weighted by atomic mass is 31.2. The van der Waals surface area contributed by atoms with Gasteiger partial charge in [0.25, 0.3) is 5.91 Å². The van der Waals surface area contributed by atoms with Crippen LogP contribution in [0.25, 0.3) is 11.0 Å². The minimum Gasteiger partial charge on any atom is -0.437 e. The summed E-state index contributed by atoms with van der Waals surface area (Å²) < 4.78 is 25.7. The number of carbonyl (C=O) groups is 1. The predicted molar refractivity (Wildman–Crippen MR) is 132 cm³/mol. The quantitative estimate of drug-likeness (QED) is 0.353. The smallest absolute Gasteiger partial charge is 0.349 e. The fourth-order valence-corrected chi connectivity index (χ4v) is 6.04. The molecule has 0 radical (unpaired) electrons. The van der Waals surface area contributed by atoms with Gasteiger partial charge in [-0.15, -0.1) is 0 Å². The Bertz CT molecular complexity index is 1390. The molecule has 0 unspecified atom stereocenters. The van der Waals surface area contributed by atoms with E-state index < -0.39 is 13.0 Å². The second kappa shape index (κ2) is 9.29. The Kier molecular flexibility index (Phi) is 6.05. The van der Waals surface area contributed by atoms with Gasteiger partial charge in [-0.25, -0.2) is 4.79 Å². The maximum absolute atomic E-state index is 14.1. The average molecular weight is 474 g/mol. The molecule has 172 valence electrons. The lowest BCUT2D eigenvalue weighted by Gasteiger charge is -2.27. The maximum atomic E-state index is 14.1. The number of fused-ring (bicyclic) bond motifs is 1. The molecule has 1 aromatic heterocycles. The summed E-state index contributed by atoms with van der Waals surface area (Å²) in [4.78, 5) is 27.1. The van der Waals surface area contributed by atoms with Crippen LogP contribution in [-0.4, -0.2) is 37.0 Å². The maximum Gasteiger partial charge on any atom is 0.349 e. The number of hydrogen-bond donors (Lipinski definition) is 1. The second-order valence-corrected chi connectivity index (χ2v) is 10.3. The van der Waals surface area contributed by atoms with Crippen molar-refractivity contribution in [2.24, 2.45) is 0 Å². The molecule has 1 N–H and O–H groups in total. The molecule has 0 bridgehead atoms. The van der Waals surface area contributed by atoms with Crippen LogP contribution in [0.3, 0.4) is 0 Å². The number of benzene rings is 3. The molecule has 2 heterocycles. The van der Waals surface area contributed by atoms with Gasteiger partial charge >= 0.3 is 13.0 Å². The Morgan fingerprint density at radius 3 is 2.12 bits per heavy atom. The van der Waals surface area contributed by atoms with E-state index in [-0.39, 0.29) is 17.1 Å². The van der Waals surface area contributed by atoms with E-state index in [0.29, 0.717) is 47.9 Å². The fraction of sp³-hybridized carbons (Fsp3) is 0.154. The molecule has 1 aliphatic rings. The van der Waals surface area contributed by atoms with E-state index in [9.17, 15) is 14.2 Å². The molecule has 5 rings (SSSR count). The van der Waals surface area contributed by atoms with E-state index in [2.05, 4.69) is 5.32 Å². The number of piperazine rings is 1. The molecule has 0 aliphatic carbocycles. The highest BCUT2D eigenvalue weighted by molar-refractivity contribution is 7.74. The third kappa shape index (κ3) is 4.28. The van der Waals surface area contributed by atoms with Gasteiger partial charge < -0.3 is 19.2 Å². The number of amides is 1. The molecular weight excluding hydrogens is 451 g/mol. The molecule has 1 fully saturated rings. The van der Waals surface area contributed by atoms with Crippen molar-refractivity contribution in [3.8, 4) is 5.75 Å². The molecule has 4 aromatic rings. The van der Waals surface area contributed by atoms with Crippen molar-refractivity contribution in [2.75, 3.05) is 26.2 Å². The van der Waals surface area contributed by atoms with Crippen molar-refractivity contribution in [2.45, 2.75) is 0 Å². The van der Waals surface area contributed by atoms with Crippen LogP contribution < -0.4 is 26.1 Å². The zero-order valence-corrected chi connectivity index (χ0v) is 19.2. The highest BCUT2D eigenvalue weighted by Gasteiger charge is 2.30. The first-order valence-corrected chi connectivity index (χ1v) is 12.7. The normalized spacial score (nSPS) is 14.2. The zero-order valence-electron chi connectivity index (χ0n) is 18.3. The molecule has 1 saturated heterocycles. The van der Waals surface area contributed by atoms with Gasteiger partial charge in [0.1, 0.15) is 16.9 Å². The van der Waals surface area contributed by atoms with Crippen LogP contribution in [0.4, 0.5) is 0 Å². The lowest BCUT2D eigenvalue weighted by Crippen LogP contribution is -2.47. The van der Waals surface area contributed by atoms with Crippen LogP contribution in [0.5, 0.6) is 5.75 Å². The van der Waals surface area contributed by atoms with Gasteiger partial charge in [0.2, 0.25) is 0 Å². The summed E-state index contributed by atoms with van der Waals surface area (Å²) in [7, 11) is -3.47. The molecule has 0 spiro atoms. The van der Waals surface area contributed by atoms with Crippen LogP contribution in [0, 0.1) is 0 Å². The molecule has 3 aromatic carbocycles. The van der Waals surface area contributed by atoms with Gasteiger partial charge in [-0.3, -0.25) is 9.36 Å². The Morgan fingerprint density at radius 1 is 0.882 bits per heavy atom. The average Bonchev–Trinajstić information content (AvgIpc) is 2.89. The number of nitrogens with one attached hydrogen (secondary N) is 1. The van der Waals surface area contributed by atoms with Crippen molar-refractivity contribution in [3.63, 3.8) is 0 Å². The summed E-state index contributed by atoms with van der Waals surface area (Å²) in [5.74, 6) is -0.0389. The van der Waals surface area contributed by atoms with E-state index in [1.807, 2.05) is 36.4 Å². The molecule has 1 amide bonds. The summed E-state index contributed by atoms with van der Waals surface area (Å²) in [6, 6.07) is 24.5. The second-order valence-electron chi connectivity index (χ2n) is 8.00. The van der Waals surface area contributed by atoms with Gasteiger partial charge in [-0.2, -0.15) is 0 Å². The van der Waals surface area contributed by atoms with Crippen LogP contribution >= 0.6 is 7.37 Å². The topological polar surface area (TPSA) is 88.9 Å². The summed E-state index contributed by atoms with van der Waals surface area (Å²) in [6.45, 7) is 2.46. The molecule has 0 atom stereocenters. The Labute approximate surface area is 196 Å². The van der Waals surface area contributed by atoms with Crippen LogP contribution in [0.2, 0.25) is 0 Å². The van der Waals surface area contributed by atoms with Crippen molar-refractivity contribution >= 4 is 34.9 Å². The summed E-state index contributed by atoms with van der Waals surface area (Å²) in [5, 5.41) is 4.88. The SMILES string of the molecule is O=C(c1cc2ccc(OP(=O)(c3ccccc3)c3ccccc3)cc2oc1=O)N1CCNCC1. The van der Waals surface area contributed by atoms with E-state index in [4.69, 9.17) is 8.94 Å². The molecule has 0 saturated carbocycles. The van der Waals surface area contributed by atoms with Gasteiger partial charge in [-0.1, -0.05) is 36.4 Å². The molecular formula is C26H23N2O5P. The first-order chi connectivity index (χ1) is 16.5. The number of nitrogens with zero attached hydrogens (tertiary/aromatic N) is 1. The van der Waals surface area contributed by atoms with Crippen molar-refractivity contribution < 1.29 is 18.3 Å². The number of carbonyl (C=O) groups excluding carboxylic acids is 1. The van der Waals surface area contributed by atoms with Gasteiger partial charge in [0.15, 0.2) is 0 Å². The standard InChI is InChI=1S/C26H23N2O5P/c29-25(28-15-13-27-14-16-28)23-17-19-11-12-20(18-24(19)32-26(23)30)33-34(31,21-7-3-1-4-8-21)22-9-5-2-6-10-22/h1-12,17-18,27H,13-16H2. The number of hydrogen-bond acceptors (Lipinski definition) is 6. The first kappa shape index (κ1) is 22.1. The molecule has 1 aliphatic heterocycles. The van der Waals surface area contributed by atoms with Gasteiger partial charge in [-0.05, 0) is 42.5 Å². The monoisotopic (exact) mass is 474 g/mol. The molecule has 7 nitrogen and oxygen atoms in total. The first-order valence-electron chi connectivity index (χ1n) is 11.0. The highest BCUT2D eigenvalue weighted by Crippen LogP contribution is 2.45. The summed E-state index contributed by atoms with van der Waals surface area (Å²) in [6.07, 6.45) is 0. The van der Waals surface area contributed by atoms with Gasteiger partial charge in [0.05, 0.1) is 10.6 Å². The Balaban J connectivity index is 1.51. The van der Waals surface area contributed by atoms with Crippen LogP contribution in [0.15, 0.2) is 94.1 Å². The Morgan fingerprint density at radius 2 is 1.50 bits per heavy atom. The van der Waals surface area contributed by atoms with Crippen molar-refractivity contribution in [3.05, 3.63) is 101 Å². The van der Waals surface area contributed by atoms with E-state index in [1.165, 1.54) is 6.07 Å². The van der Waals surface area contributed by atoms with E-state index in [1.54, 1.807) is 47.4 Å². The minimum atomic E-state index is -3.47. The number of rotatable bonds is 5. The Hall–Kier alpha value is -3.67. The van der Waals surface area contributed by atoms with Crippen LogP contribution in [0.1, 0.15) is 10.4 Å². The summed E-state index contributed by atoms with van der Waals surface area (Å²) in [5.41, 5.74) is -0.447. The molecule has 8 heteroatoms. The van der Waals surface area contributed by atoms with Crippen molar-refractivity contribution in [1.29, 1.82) is 0 Å². The molecule has 34 heavy (non-hydrogen) atoms. The predicted octanol–water partition coefficient (Wildman–Crippen LogP) is 3.15. The summed E-state index contributed by atoms with van der Waals surface area (Å²) >= 11 is 0. The van der Waals surface area contributed by atoms with Crippen LogP contribution in [-0.2, 0) is 4.57 Å². The lowest BCUT2D eigenvalue weighted by atomic mass is 10.1.